The molecule has 0 spiro atoms. The molecule has 0 amide bonds. The first-order chi connectivity index (χ1) is 8.24. The molecule has 1 heterocycles. The molecular formula is C10H9F3INO3. The van der Waals surface area contributed by atoms with Gasteiger partial charge in [0, 0.05) is 5.56 Å². The van der Waals surface area contributed by atoms with Gasteiger partial charge in [0.05, 0.1) is 12.2 Å². The molecule has 0 saturated carbocycles. The number of hydrogen-bond donors (Lipinski definition) is 0. The first kappa shape index (κ1) is 15.0. The Morgan fingerprint density at radius 2 is 2.11 bits per heavy atom. The minimum Gasteiger partial charge on any atom is -0.462 e. The zero-order valence-electron chi connectivity index (χ0n) is 9.47. The van der Waals surface area contributed by atoms with Gasteiger partial charge in [-0.1, -0.05) is 0 Å². The lowest BCUT2D eigenvalue weighted by atomic mass is 10.2. The fourth-order valence-corrected chi connectivity index (χ4v) is 1.74. The van der Waals surface area contributed by atoms with Crippen molar-refractivity contribution in [3.8, 4) is 5.88 Å². The summed E-state index contributed by atoms with van der Waals surface area (Å²) in [5, 5.41) is 0. The molecule has 0 atom stereocenters. The number of rotatable bonds is 3. The van der Waals surface area contributed by atoms with E-state index in [1.165, 1.54) is 13.0 Å². The second-order valence-corrected chi connectivity index (χ2v) is 4.24. The smallest absolute Gasteiger partial charge is 0.462 e. The molecule has 0 fully saturated rings. The minimum absolute atomic E-state index is 0.0934. The van der Waals surface area contributed by atoms with Crippen LogP contribution in [0.5, 0.6) is 5.88 Å². The predicted molar refractivity (Wildman–Crippen MR) is 64.3 cm³/mol. The number of aromatic nitrogens is 1. The van der Waals surface area contributed by atoms with Gasteiger partial charge in [-0.15, -0.1) is 13.2 Å². The molecular weight excluding hydrogens is 366 g/mol. The van der Waals surface area contributed by atoms with Crippen molar-refractivity contribution in [2.75, 3.05) is 6.61 Å². The van der Waals surface area contributed by atoms with Gasteiger partial charge in [-0.05, 0) is 42.5 Å². The van der Waals surface area contributed by atoms with Crippen molar-refractivity contribution in [2.45, 2.75) is 20.2 Å². The Morgan fingerprint density at radius 3 is 2.61 bits per heavy atom. The molecule has 0 bridgehead atoms. The van der Waals surface area contributed by atoms with E-state index in [0.717, 1.165) is 0 Å². The van der Waals surface area contributed by atoms with E-state index in [-0.39, 0.29) is 21.4 Å². The van der Waals surface area contributed by atoms with Crippen LogP contribution >= 0.6 is 22.6 Å². The van der Waals surface area contributed by atoms with Gasteiger partial charge in [-0.2, -0.15) is 0 Å². The Balaban J connectivity index is 3.08. The summed E-state index contributed by atoms with van der Waals surface area (Å²) in [5.41, 5.74) is 0.222. The number of ether oxygens (including phenoxy) is 2. The van der Waals surface area contributed by atoms with Gasteiger partial charge in [0.2, 0.25) is 5.88 Å². The summed E-state index contributed by atoms with van der Waals surface area (Å²) >= 11 is 1.65. The maximum absolute atomic E-state index is 12.1. The normalized spacial score (nSPS) is 11.2. The summed E-state index contributed by atoms with van der Waals surface area (Å²) in [6.45, 7) is 3.17. The number of carbonyl (C=O) groups excluding carboxylic acids is 1. The van der Waals surface area contributed by atoms with Crippen molar-refractivity contribution in [1.82, 2.24) is 4.98 Å². The molecule has 1 aromatic rings. The first-order valence-electron chi connectivity index (χ1n) is 4.84. The quantitative estimate of drug-likeness (QED) is 0.463. The number of esters is 1. The largest absolute Gasteiger partial charge is 0.574 e. The molecule has 18 heavy (non-hydrogen) atoms. The van der Waals surface area contributed by atoms with Crippen LogP contribution in [0.2, 0.25) is 0 Å². The van der Waals surface area contributed by atoms with Crippen molar-refractivity contribution in [1.29, 1.82) is 0 Å². The molecule has 1 rings (SSSR count). The summed E-state index contributed by atoms with van der Waals surface area (Å²) in [6.07, 6.45) is -4.81. The molecule has 0 radical (unpaired) electrons. The molecule has 100 valence electrons. The third-order valence-corrected chi connectivity index (χ3v) is 2.65. The SMILES string of the molecule is CCOC(=O)c1cc(C)c(OC(F)(F)F)nc1I. The molecule has 4 nitrogen and oxygen atoms in total. The van der Waals surface area contributed by atoms with Crippen molar-refractivity contribution in [3.63, 3.8) is 0 Å². The van der Waals surface area contributed by atoms with E-state index in [0.29, 0.717) is 0 Å². The van der Waals surface area contributed by atoms with Gasteiger partial charge in [-0.25, -0.2) is 9.78 Å². The van der Waals surface area contributed by atoms with Crippen LogP contribution in [0, 0.1) is 10.6 Å². The molecule has 0 aliphatic carbocycles. The van der Waals surface area contributed by atoms with Crippen molar-refractivity contribution in [2.24, 2.45) is 0 Å². The van der Waals surface area contributed by atoms with Gasteiger partial charge < -0.3 is 9.47 Å². The number of carbonyl (C=O) groups is 1. The number of halogens is 4. The Morgan fingerprint density at radius 1 is 1.50 bits per heavy atom. The molecule has 0 aliphatic heterocycles. The van der Waals surface area contributed by atoms with E-state index in [9.17, 15) is 18.0 Å². The monoisotopic (exact) mass is 375 g/mol. The van der Waals surface area contributed by atoms with E-state index in [4.69, 9.17) is 4.74 Å². The van der Waals surface area contributed by atoms with Gasteiger partial charge in [-0.3, -0.25) is 0 Å². The van der Waals surface area contributed by atoms with Gasteiger partial charge >= 0.3 is 12.3 Å². The molecule has 0 aliphatic rings. The second kappa shape index (κ2) is 5.72. The highest BCUT2D eigenvalue weighted by Gasteiger charge is 2.33. The van der Waals surface area contributed by atoms with Gasteiger partial charge in [0.1, 0.15) is 3.70 Å². The number of nitrogens with zero attached hydrogens (tertiary/aromatic N) is 1. The van der Waals surface area contributed by atoms with Crippen LogP contribution in [0.3, 0.4) is 0 Å². The topological polar surface area (TPSA) is 48.4 Å². The molecule has 0 N–H and O–H groups in total. The summed E-state index contributed by atoms with van der Waals surface area (Å²) in [6, 6.07) is 1.26. The molecule has 0 unspecified atom stereocenters. The summed E-state index contributed by atoms with van der Waals surface area (Å²) in [5.74, 6) is -1.20. The van der Waals surface area contributed by atoms with Crippen molar-refractivity contribution >= 4 is 28.6 Å². The fourth-order valence-electron chi connectivity index (χ4n) is 1.14. The van der Waals surface area contributed by atoms with E-state index in [2.05, 4.69) is 9.72 Å². The number of alkyl halides is 3. The van der Waals surface area contributed by atoms with Crippen LogP contribution in [0.25, 0.3) is 0 Å². The average molecular weight is 375 g/mol. The van der Waals surface area contributed by atoms with E-state index < -0.39 is 18.2 Å². The standard InChI is InChI=1S/C10H9F3INO3/c1-3-17-9(16)6-4-5(2)8(15-7(6)14)18-10(11,12)13/h4H,3H2,1-2H3. The van der Waals surface area contributed by atoms with E-state index >= 15 is 0 Å². The van der Waals surface area contributed by atoms with Gasteiger partial charge in [0.25, 0.3) is 0 Å². The Bertz CT molecular complexity index is 462. The lowest BCUT2D eigenvalue weighted by molar-refractivity contribution is -0.276. The second-order valence-electron chi connectivity index (χ2n) is 3.22. The zero-order valence-corrected chi connectivity index (χ0v) is 11.6. The number of hydrogen-bond acceptors (Lipinski definition) is 4. The van der Waals surface area contributed by atoms with Crippen LogP contribution < -0.4 is 4.74 Å². The number of pyridine rings is 1. The highest BCUT2D eigenvalue weighted by atomic mass is 127. The average Bonchev–Trinajstić information content (AvgIpc) is 2.21. The van der Waals surface area contributed by atoms with Crippen LogP contribution in [0.4, 0.5) is 13.2 Å². The van der Waals surface area contributed by atoms with Crippen LogP contribution in [0.1, 0.15) is 22.8 Å². The Kier molecular flexibility index (Phi) is 4.77. The molecule has 1 aromatic heterocycles. The van der Waals surface area contributed by atoms with E-state index in [1.807, 2.05) is 0 Å². The molecule has 0 saturated heterocycles. The van der Waals surface area contributed by atoms with E-state index in [1.54, 1.807) is 29.5 Å². The molecule has 0 aromatic carbocycles. The van der Waals surface area contributed by atoms with Crippen molar-refractivity contribution < 1.29 is 27.4 Å². The Hall–Kier alpha value is -1.06. The van der Waals surface area contributed by atoms with Crippen LogP contribution in [0.15, 0.2) is 6.07 Å². The zero-order chi connectivity index (χ0) is 13.9. The highest BCUT2D eigenvalue weighted by Crippen LogP contribution is 2.26. The predicted octanol–water partition coefficient (Wildman–Crippen LogP) is 3.07. The maximum Gasteiger partial charge on any atom is 0.574 e. The lowest BCUT2D eigenvalue weighted by Crippen LogP contribution is -2.19. The minimum atomic E-state index is -4.81. The van der Waals surface area contributed by atoms with Crippen LogP contribution in [-0.2, 0) is 4.74 Å². The first-order valence-corrected chi connectivity index (χ1v) is 5.92. The van der Waals surface area contributed by atoms with Crippen LogP contribution in [-0.4, -0.2) is 23.9 Å². The van der Waals surface area contributed by atoms with Gasteiger partial charge in [0.15, 0.2) is 0 Å². The molecule has 8 heteroatoms. The highest BCUT2D eigenvalue weighted by molar-refractivity contribution is 14.1. The Labute approximate surface area is 115 Å². The fraction of sp³-hybridized carbons (Fsp3) is 0.400. The lowest BCUT2D eigenvalue weighted by Gasteiger charge is -2.12. The maximum atomic E-state index is 12.1. The third kappa shape index (κ3) is 4.00. The third-order valence-electron chi connectivity index (χ3n) is 1.83. The summed E-state index contributed by atoms with van der Waals surface area (Å²) in [7, 11) is 0. The number of aryl methyl sites for hydroxylation is 1. The summed E-state index contributed by atoms with van der Waals surface area (Å²) < 4.78 is 44.8. The summed E-state index contributed by atoms with van der Waals surface area (Å²) in [4.78, 5) is 15.1. The van der Waals surface area contributed by atoms with Crippen molar-refractivity contribution in [3.05, 3.63) is 20.9 Å².